The number of carbonyl (C=O) groups excluding carboxylic acids is 1. The summed E-state index contributed by atoms with van der Waals surface area (Å²) in [7, 11) is 0. The van der Waals surface area contributed by atoms with E-state index in [1.807, 2.05) is 0 Å². The van der Waals surface area contributed by atoms with Gasteiger partial charge in [0.15, 0.2) is 0 Å². The molecule has 1 aromatic rings. The van der Waals surface area contributed by atoms with Crippen LogP contribution >= 0.6 is 15.9 Å². The van der Waals surface area contributed by atoms with Crippen LogP contribution in [-0.2, 0) is 9.53 Å². The van der Waals surface area contributed by atoms with E-state index in [9.17, 15) is 9.90 Å². The SMILES string of the molecule is CCOC(=O)C[C@H](N)c1cc(Br)ccc1O. The first kappa shape index (κ1) is 13.0. The van der Waals surface area contributed by atoms with Gasteiger partial charge in [-0.15, -0.1) is 0 Å². The Bertz CT molecular complexity index is 381. The Hall–Kier alpha value is -1.07. The molecule has 1 atom stereocenters. The first-order valence-electron chi connectivity index (χ1n) is 4.94. The van der Waals surface area contributed by atoms with Gasteiger partial charge in [-0.05, 0) is 25.1 Å². The number of benzene rings is 1. The fourth-order valence-corrected chi connectivity index (χ4v) is 1.71. The van der Waals surface area contributed by atoms with Crippen molar-refractivity contribution in [2.45, 2.75) is 19.4 Å². The summed E-state index contributed by atoms with van der Waals surface area (Å²) in [5.41, 5.74) is 6.34. The summed E-state index contributed by atoms with van der Waals surface area (Å²) in [6.45, 7) is 2.07. The molecule has 0 amide bonds. The molecule has 0 saturated carbocycles. The van der Waals surface area contributed by atoms with Gasteiger partial charge in [0.1, 0.15) is 5.75 Å². The van der Waals surface area contributed by atoms with Gasteiger partial charge in [-0.2, -0.15) is 0 Å². The lowest BCUT2D eigenvalue weighted by molar-refractivity contribution is -0.143. The topological polar surface area (TPSA) is 72.5 Å². The number of aromatic hydroxyl groups is 1. The van der Waals surface area contributed by atoms with Gasteiger partial charge in [0.25, 0.3) is 0 Å². The lowest BCUT2D eigenvalue weighted by atomic mass is 10.0. The Kier molecular flexibility index (Phi) is 4.76. The monoisotopic (exact) mass is 287 g/mol. The highest BCUT2D eigenvalue weighted by atomic mass is 79.9. The second kappa shape index (κ2) is 5.86. The van der Waals surface area contributed by atoms with E-state index in [1.165, 1.54) is 6.07 Å². The number of halogens is 1. The highest BCUT2D eigenvalue weighted by Gasteiger charge is 2.15. The van der Waals surface area contributed by atoms with Crippen molar-refractivity contribution in [1.29, 1.82) is 0 Å². The molecule has 0 aliphatic heterocycles. The van der Waals surface area contributed by atoms with Crippen molar-refractivity contribution in [3.05, 3.63) is 28.2 Å². The molecule has 1 aromatic carbocycles. The van der Waals surface area contributed by atoms with Crippen LogP contribution in [0.1, 0.15) is 24.9 Å². The number of hydrogen-bond acceptors (Lipinski definition) is 4. The molecule has 0 aromatic heterocycles. The zero-order valence-corrected chi connectivity index (χ0v) is 10.5. The molecule has 0 radical (unpaired) electrons. The molecule has 0 aliphatic rings. The van der Waals surface area contributed by atoms with Gasteiger partial charge in [-0.1, -0.05) is 15.9 Å². The molecular weight excluding hydrogens is 274 g/mol. The van der Waals surface area contributed by atoms with Crippen molar-refractivity contribution in [2.75, 3.05) is 6.61 Å². The van der Waals surface area contributed by atoms with Crippen LogP contribution in [0.2, 0.25) is 0 Å². The minimum atomic E-state index is -0.559. The maximum absolute atomic E-state index is 11.2. The molecule has 1 rings (SSSR count). The second-order valence-corrected chi connectivity index (χ2v) is 4.23. The Morgan fingerprint density at radius 3 is 2.94 bits per heavy atom. The van der Waals surface area contributed by atoms with Crippen molar-refractivity contribution in [1.82, 2.24) is 0 Å². The van der Waals surface area contributed by atoms with E-state index in [4.69, 9.17) is 10.5 Å². The summed E-state index contributed by atoms with van der Waals surface area (Å²) < 4.78 is 5.60. The zero-order chi connectivity index (χ0) is 12.1. The minimum Gasteiger partial charge on any atom is -0.508 e. The highest BCUT2D eigenvalue weighted by molar-refractivity contribution is 9.10. The number of phenols is 1. The van der Waals surface area contributed by atoms with Crippen LogP contribution in [0.25, 0.3) is 0 Å². The fourth-order valence-electron chi connectivity index (χ4n) is 1.33. The van der Waals surface area contributed by atoms with Crippen LogP contribution in [0.3, 0.4) is 0 Å². The molecule has 5 heteroatoms. The first-order chi connectivity index (χ1) is 7.54. The van der Waals surface area contributed by atoms with Crippen molar-refractivity contribution in [3.8, 4) is 5.75 Å². The largest absolute Gasteiger partial charge is 0.508 e. The van der Waals surface area contributed by atoms with Gasteiger partial charge in [0.05, 0.1) is 13.0 Å². The molecule has 0 fully saturated rings. The van der Waals surface area contributed by atoms with Gasteiger partial charge in [0.2, 0.25) is 0 Å². The standard InChI is InChI=1S/C11H14BrNO3/c1-2-16-11(15)6-9(13)8-5-7(12)3-4-10(8)14/h3-5,9,14H,2,6,13H2,1H3/t9-/m0/s1. The summed E-state index contributed by atoms with van der Waals surface area (Å²) in [6, 6.07) is 4.37. The predicted octanol–water partition coefficient (Wildman–Crippen LogP) is 2.11. The number of nitrogens with two attached hydrogens (primary N) is 1. The molecule has 88 valence electrons. The Labute approximate surface area is 103 Å². The third-order valence-electron chi connectivity index (χ3n) is 2.08. The van der Waals surface area contributed by atoms with Crippen LogP contribution in [0.5, 0.6) is 5.75 Å². The van der Waals surface area contributed by atoms with Gasteiger partial charge in [-0.25, -0.2) is 0 Å². The molecule has 0 spiro atoms. The number of carbonyl (C=O) groups is 1. The third-order valence-corrected chi connectivity index (χ3v) is 2.57. The third kappa shape index (κ3) is 3.50. The molecule has 0 saturated heterocycles. The normalized spacial score (nSPS) is 12.2. The van der Waals surface area contributed by atoms with E-state index >= 15 is 0 Å². The summed E-state index contributed by atoms with van der Waals surface area (Å²) >= 11 is 3.28. The van der Waals surface area contributed by atoms with Crippen LogP contribution in [0.15, 0.2) is 22.7 Å². The van der Waals surface area contributed by atoms with E-state index < -0.39 is 6.04 Å². The number of rotatable bonds is 4. The molecular formula is C11H14BrNO3. The van der Waals surface area contributed by atoms with Gasteiger partial charge in [-0.3, -0.25) is 4.79 Å². The van der Waals surface area contributed by atoms with E-state index in [-0.39, 0.29) is 18.1 Å². The molecule has 4 nitrogen and oxygen atoms in total. The summed E-state index contributed by atoms with van der Waals surface area (Å²) in [6.07, 6.45) is 0.0534. The second-order valence-electron chi connectivity index (χ2n) is 3.32. The number of esters is 1. The van der Waals surface area contributed by atoms with Crippen LogP contribution < -0.4 is 5.73 Å². The van der Waals surface area contributed by atoms with E-state index in [0.717, 1.165) is 4.47 Å². The summed E-state index contributed by atoms with van der Waals surface area (Å²) in [5.74, 6) is -0.283. The minimum absolute atomic E-state index is 0.0534. The van der Waals surface area contributed by atoms with E-state index in [2.05, 4.69) is 15.9 Å². The molecule has 0 unspecified atom stereocenters. The average molecular weight is 288 g/mol. The van der Waals surface area contributed by atoms with Crippen LogP contribution in [0, 0.1) is 0 Å². The lowest BCUT2D eigenvalue weighted by Crippen LogP contribution is -2.17. The summed E-state index contributed by atoms with van der Waals surface area (Å²) in [4.78, 5) is 11.2. The van der Waals surface area contributed by atoms with E-state index in [0.29, 0.717) is 12.2 Å². The van der Waals surface area contributed by atoms with E-state index in [1.54, 1.807) is 19.1 Å². The molecule has 0 aliphatic carbocycles. The lowest BCUT2D eigenvalue weighted by Gasteiger charge is -2.13. The molecule has 0 bridgehead atoms. The predicted molar refractivity (Wildman–Crippen MR) is 64.0 cm³/mol. The van der Waals surface area contributed by atoms with Gasteiger partial charge < -0.3 is 15.6 Å². The smallest absolute Gasteiger partial charge is 0.307 e. The molecule has 16 heavy (non-hydrogen) atoms. The van der Waals surface area contributed by atoms with Crippen molar-refractivity contribution >= 4 is 21.9 Å². The van der Waals surface area contributed by atoms with Crippen molar-refractivity contribution in [3.63, 3.8) is 0 Å². The van der Waals surface area contributed by atoms with Gasteiger partial charge in [0, 0.05) is 16.1 Å². The number of phenolic OH excluding ortho intramolecular Hbond substituents is 1. The molecule has 0 heterocycles. The Morgan fingerprint density at radius 1 is 1.62 bits per heavy atom. The Balaban J connectivity index is 2.76. The summed E-state index contributed by atoms with van der Waals surface area (Å²) in [5, 5.41) is 9.60. The Morgan fingerprint density at radius 2 is 2.31 bits per heavy atom. The number of hydrogen-bond donors (Lipinski definition) is 2. The first-order valence-corrected chi connectivity index (χ1v) is 5.73. The molecule has 3 N–H and O–H groups in total. The van der Waals surface area contributed by atoms with Crippen molar-refractivity contribution < 1.29 is 14.6 Å². The number of ether oxygens (including phenoxy) is 1. The maximum atomic E-state index is 11.2. The zero-order valence-electron chi connectivity index (χ0n) is 8.94. The van der Waals surface area contributed by atoms with Crippen LogP contribution in [0.4, 0.5) is 0 Å². The highest BCUT2D eigenvalue weighted by Crippen LogP contribution is 2.28. The van der Waals surface area contributed by atoms with Crippen LogP contribution in [-0.4, -0.2) is 17.7 Å². The quantitative estimate of drug-likeness (QED) is 0.832. The van der Waals surface area contributed by atoms with Crippen molar-refractivity contribution in [2.24, 2.45) is 5.73 Å². The fraction of sp³-hybridized carbons (Fsp3) is 0.364. The van der Waals surface area contributed by atoms with Gasteiger partial charge >= 0.3 is 5.97 Å². The maximum Gasteiger partial charge on any atom is 0.307 e. The average Bonchev–Trinajstić information content (AvgIpc) is 2.21.